The molecular weight excluding hydrogens is 889 g/mol. The number of fused-ring (bicyclic) bond motifs is 4. The van der Waals surface area contributed by atoms with Crippen molar-refractivity contribution in [1.82, 2.24) is 9.55 Å². The van der Waals surface area contributed by atoms with Crippen LogP contribution >= 0.6 is 0 Å². The third-order valence-electron chi connectivity index (χ3n) is 15.4. The molecule has 5 nitrogen and oxygen atoms in total. The van der Waals surface area contributed by atoms with E-state index in [2.05, 4.69) is 284 Å². The lowest BCUT2D eigenvalue weighted by Crippen LogP contribution is -2.25. The third kappa shape index (κ3) is 8.86. The molecule has 0 radical (unpaired) electrons. The highest BCUT2D eigenvalue weighted by atomic mass is 16.5. The van der Waals surface area contributed by atoms with Crippen LogP contribution < -0.4 is 14.5 Å². The van der Waals surface area contributed by atoms with Crippen molar-refractivity contribution in [2.75, 3.05) is 16.5 Å². The molecule has 5 heteroatoms. The van der Waals surface area contributed by atoms with Crippen LogP contribution in [0.3, 0.4) is 0 Å². The number of anilines is 4. The van der Waals surface area contributed by atoms with Gasteiger partial charge >= 0.3 is 0 Å². The second kappa shape index (κ2) is 18.0. The summed E-state index contributed by atoms with van der Waals surface area (Å²) in [6, 6.07) is 73.2. The first kappa shape index (κ1) is 47.4. The summed E-state index contributed by atoms with van der Waals surface area (Å²) in [6.45, 7) is 23.6. The molecule has 3 heterocycles. The number of benzene rings is 8. The molecule has 0 N–H and O–H groups in total. The van der Waals surface area contributed by atoms with Gasteiger partial charge in [0.15, 0.2) is 0 Å². The van der Waals surface area contributed by atoms with Crippen molar-refractivity contribution in [1.29, 1.82) is 0 Å². The Labute approximate surface area is 432 Å². The fourth-order valence-corrected chi connectivity index (χ4v) is 10.7. The molecule has 11 rings (SSSR count). The van der Waals surface area contributed by atoms with E-state index in [4.69, 9.17) is 9.72 Å². The van der Waals surface area contributed by atoms with Crippen LogP contribution in [0.1, 0.15) is 103 Å². The molecule has 10 aromatic rings. The number of para-hydroxylation sites is 1. The van der Waals surface area contributed by atoms with Gasteiger partial charge in [0.25, 0.3) is 0 Å². The van der Waals surface area contributed by atoms with Crippen LogP contribution in [0.5, 0.6) is 11.5 Å². The first-order valence-electron chi connectivity index (χ1n) is 25.8. The van der Waals surface area contributed by atoms with Gasteiger partial charge in [-0.3, -0.25) is 4.57 Å². The van der Waals surface area contributed by atoms with Crippen molar-refractivity contribution >= 4 is 44.6 Å². The molecule has 364 valence electrons. The fourth-order valence-electron chi connectivity index (χ4n) is 10.7. The van der Waals surface area contributed by atoms with Crippen molar-refractivity contribution in [2.45, 2.75) is 90.9 Å². The molecule has 0 atom stereocenters. The quantitative estimate of drug-likeness (QED) is 0.137. The van der Waals surface area contributed by atoms with Gasteiger partial charge in [-0.1, -0.05) is 191 Å². The molecule has 2 aromatic heterocycles. The average molecular weight is 955 g/mol. The summed E-state index contributed by atoms with van der Waals surface area (Å²) < 4.78 is 9.37. The molecule has 0 spiro atoms. The minimum Gasteiger partial charge on any atom is -0.457 e. The van der Waals surface area contributed by atoms with Crippen LogP contribution in [-0.4, -0.2) is 16.2 Å². The summed E-state index contributed by atoms with van der Waals surface area (Å²) in [6.07, 6.45) is 1.93. The van der Waals surface area contributed by atoms with Crippen LogP contribution in [0.25, 0.3) is 38.8 Å². The smallest absolute Gasteiger partial charge is 0.137 e. The van der Waals surface area contributed by atoms with Gasteiger partial charge in [-0.05, 0) is 122 Å². The van der Waals surface area contributed by atoms with Gasteiger partial charge in [0, 0.05) is 51.3 Å². The van der Waals surface area contributed by atoms with Crippen molar-refractivity contribution in [3.8, 4) is 28.4 Å². The molecule has 73 heavy (non-hydrogen) atoms. The van der Waals surface area contributed by atoms with Gasteiger partial charge in [0.2, 0.25) is 0 Å². The van der Waals surface area contributed by atoms with Crippen LogP contribution in [0.2, 0.25) is 0 Å². The predicted octanol–water partition coefficient (Wildman–Crippen LogP) is 18.1. The van der Waals surface area contributed by atoms with Gasteiger partial charge in [-0.15, -0.1) is 0 Å². The maximum atomic E-state index is 7.09. The van der Waals surface area contributed by atoms with E-state index in [1.165, 1.54) is 55.6 Å². The second-order valence-corrected chi connectivity index (χ2v) is 23.1. The Kier molecular flexibility index (Phi) is 11.7. The maximum Gasteiger partial charge on any atom is 0.137 e. The zero-order valence-corrected chi connectivity index (χ0v) is 44.0. The van der Waals surface area contributed by atoms with Crippen LogP contribution in [-0.2, 0) is 21.7 Å². The molecule has 0 bridgehead atoms. The summed E-state index contributed by atoms with van der Waals surface area (Å²) in [4.78, 5) is 9.95. The highest BCUT2D eigenvalue weighted by Gasteiger charge is 2.34. The molecule has 0 unspecified atom stereocenters. The van der Waals surface area contributed by atoms with E-state index in [1.54, 1.807) is 0 Å². The van der Waals surface area contributed by atoms with E-state index in [1.807, 2.05) is 6.20 Å². The number of hydrogen-bond donors (Lipinski definition) is 0. The maximum absolute atomic E-state index is 7.09. The SMILES string of the molecule is CC(C)(C)c1cc(Oc2ccc3c4ccccc4n(-c4cc(C(C)(C)C)ccn4)c3c2)cc(N2CN(c3cc(-c4ccccc4)cc(C(C)(C)c4ccccc4)c3)c3cc(C(C)(C)c4ccccc4)ccc32)c1. The van der Waals surface area contributed by atoms with Crippen LogP contribution in [0.4, 0.5) is 22.7 Å². The van der Waals surface area contributed by atoms with Gasteiger partial charge in [0.1, 0.15) is 24.0 Å². The van der Waals surface area contributed by atoms with Crippen molar-refractivity contribution in [3.05, 3.63) is 240 Å². The molecule has 1 aliphatic heterocycles. The number of hydrogen-bond acceptors (Lipinski definition) is 4. The van der Waals surface area contributed by atoms with Crippen LogP contribution in [0.15, 0.2) is 206 Å². The van der Waals surface area contributed by atoms with E-state index >= 15 is 0 Å². The van der Waals surface area contributed by atoms with Crippen molar-refractivity contribution < 1.29 is 4.74 Å². The number of ether oxygens (including phenoxy) is 1. The van der Waals surface area contributed by atoms with E-state index < -0.39 is 0 Å². The predicted molar refractivity (Wildman–Crippen MR) is 307 cm³/mol. The first-order valence-corrected chi connectivity index (χ1v) is 25.8. The molecule has 0 saturated heterocycles. The van der Waals surface area contributed by atoms with E-state index in [-0.39, 0.29) is 21.7 Å². The minimum atomic E-state index is -0.266. The molecule has 1 aliphatic rings. The zero-order chi connectivity index (χ0) is 50.9. The first-order chi connectivity index (χ1) is 34.9. The van der Waals surface area contributed by atoms with Crippen molar-refractivity contribution in [2.24, 2.45) is 0 Å². The highest BCUT2D eigenvalue weighted by Crippen LogP contribution is 2.50. The normalized spacial score (nSPS) is 13.2. The average Bonchev–Trinajstić information content (AvgIpc) is 3.94. The number of aromatic nitrogens is 2. The monoisotopic (exact) mass is 955 g/mol. The lowest BCUT2D eigenvalue weighted by Gasteiger charge is -2.30. The number of nitrogens with zero attached hydrogens (tertiary/aromatic N) is 4. The Morgan fingerprint density at radius 3 is 1.66 bits per heavy atom. The van der Waals surface area contributed by atoms with Crippen molar-refractivity contribution in [3.63, 3.8) is 0 Å². The molecule has 0 fully saturated rings. The Morgan fingerprint density at radius 1 is 0.384 bits per heavy atom. The summed E-state index contributed by atoms with van der Waals surface area (Å²) in [7, 11) is 0. The van der Waals surface area contributed by atoms with Gasteiger partial charge in [-0.2, -0.15) is 0 Å². The van der Waals surface area contributed by atoms with E-state index in [0.29, 0.717) is 6.67 Å². The van der Waals surface area contributed by atoms with Gasteiger partial charge in [0.05, 0.1) is 22.4 Å². The van der Waals surface area contributed by atoms with Gasteiger partial charge in [-0.25, -0.2) is 4.98 Å². The molecule has 0 aliphatic carbocycles. The van der Waals surface area contributed by atoms with E-state index in [9.17, 15) is 0 Å². The minimum absolute atomic E-state index is 0.0249. The Balaban J connectivity index is 1.05. The number of pyridine rings is 1. The summed E-state index contributed by atoms with van der Waals surface area (Å²) in [5, 5.41) is 2.34. The zero-order valence-electron chi connectivity index (χ0n) is 44.0. The highest BCUT2D eigenvalue weighted by molar-refractivity contribution is 6.09. The molecule has 8 aromatic carbocycles. The Morgan fingerprint density at radius 2 is 0.973 bits per heavy atom. The van der Waals surface area contributed by atoms with Gasteiger partial charge < -0.3 is 14.5 Å². The summed E-state index contributed by atoms with van der Waals surface area (Å²) in [5.41, 5.74) is 15.9. The third-order valence-corrected chi connectivity index (χ3v) is 15.4. The molecule has 0 amide bonds. The summed E-state index contributed by atoms with van der Waals surface area (Å²) in [5.74, 6) is 2.45. The lowest BCUT2D eigenvalue weighted by molar-refractivity contribution is 0.479. The second-order valence-electron chi connectivity index (χ2n) is 23.1. The lowest BCUT2D eigenvalue weighted by atomic mass is 9.77. The summed E-state index contributed by atoms with van der Waals surface area (Å²) >= 11 is 0. The Bertz CT molecular complexity index is 3650. The fraction of sp³-hybridized carbons (Fsp3) is 0.221. The number of rotatable bonds is 10. The van der Waals surface area contributed by atoms with Crippen LogP contribution in [0, 0.1) is 0 Å². The molecule has 0 saturated carbocycles. The van der Waals surface area contributed by atoms with E-state index in [0.717, 1.165) is 50.8 Å². The topological polar surface area (TPSA) is 33.5 Å². The standard InChI is InChI=1S/C68H66N4O/c1-65(2,3)50-34-35-69-64(42-50)72-60-29-21-20-28-58(60)59-32-31-56(44-62(59)72)73-57-40-52(66(4,5)6)38-55(43-57)70-45-71(63-41-51(30-33-61(63)70)67(7,8)48-24-16-12-17-25-48)54-37-47(46-22-14-11-15-23-46)36-53(39-54)68(9,10)49-26-18-13-19-27-49/h11-44H,45H2,1-10H3. The molecular formula is C68H66N4O. The Hall–Kier alpha value is -7.89. The largest absolute Gasteiger partial charge is 0.457 e.